The van der Waals surface area contributed by atoms with Crippen molar-refractivity contribution in [3.05, 3.63) is 52.0 Å². The average Bonchev–Trinajstić information content (AvgIpc) is 2.78. The Labute approximate surface area is 94.6 Å². The molecule has 2 rings (SSSR count). The molecular weight excluding hydrogens is 206 g/mol. The summed E-state index contributed by atoms with van der Waals surface area (Å²) in [6.07, 6.45) is 7.14. The third kappa shape index (κ3) is 2.03. The van der Waals surface area contributed by atoms with Crippen LogP contribution in [0, 0.1) is 10.1 Å². The van der Waals surface area contributed by atoms with Gasteiger partial charge in [0, 0.05) is 12.3 Å². The Morgan fingerprint density at radius 1 is 1.81 bits per heavy atom. The van der Waals surface area contributed by atoms with Crippen LogP contribution in [0.2, 0.25) is 0 Å². The summed E-state index contributed by atoms with van der Waals surface area (Å²) >= 11 is 0. The van der Waals surface area contributed by atoms with E-state index in [9.17, 15) is 10.1 Å². The molecule has 1 aromatic heterocycles. The van der Waals surface area contributed by atoms with Gasteiger partial charge in [-0.2, -0.15) is 5.10 Å². The zero-order valence-electron chi connectivity index (χ0n) is 9.96. The van der Waals surface area contributed by atoms with Gasteiger partial charge in [-0.1, -0.05) is 13.0 Å². The third-order valence-electron chi connectivity index (χ3n) is 2.48. The fourth-order valence-electron chi connectivity index (χ4n) is 1.54. The summed E-state index contributed by atoms with van der Waals surface area (Å²) < 4.78 is 9.76. The van der Waals surface area contributed by atoms with E-state index in [4.69, 9.17) is 1.37 Å². The Kier molecular flexibility index (Phi) is 2.51. The van der Waals surface area contributed by atoms with Gasteiger partial charge in [-0.3, -0.25) is 14.8 Å². The van der Waals surface area contributed by atoms with Crippen molar-refractivity contribution in [1.29, 1.82) is 0 Å². The van der Waals surface area contributed by atoms with E-state index in [1.165, 1.54) is 22.9 Å². The molecule has 1 heterocycles. The van der Waals surface area contributed by atoms with E-state index >= 15 is 0 Å². The fraction of sp³-hybridized carbons (Fsp3) is 0.364. The van der Waals surface area contributed by atoms with Gasteiger partial charge in [-0.25, -0.2) is 0 Å². The molecule has 0 aromatic carbocycles. The standard InChI is InChI=1S/C11H13N3O2/c1-2-9-7-8-13(12-9)10-3-5-11(6-4-10)14(15)16/h3,5-8,10H,2,4H2,1H3/i10D. The lowest BCUT2D eigenvalue weighted by molar-refractivity contribution is -0.419. The highest BCUT2D eigenvalue weighted by Gasteiger charge is 2.16. The minimum absolute atomic E-state index is 0.0377. The summed E-state index contributed by atoms with van der Waals surface area (Å²) in [6, 6.07) is 0.809. The Morgan fingerprint density at radius 2 is 2.62 bits per heavy atom. The number of rotatable bonds is 3. The topological polar surface area (TPSA) is 61.0 Å². The first kappa shape index (κ1) is 9.33. The molecule has 0 amide bonds. The lowest BCUT2D eigenvalue weighted by Crippen LogP contribution is -2.11. The van der Waals surface area contributed by atoms with Crippen molar-refractivity contribution in [3.8, 4) is 0 Å². The summed E-state index contributed by atoms with van der Waals surface area (Å²) in [6.45, 7) is 1.99. The largest absolute Gasteiger partial charge is 0.265 e. The molecule has 0 N–H and O–H groups in total. The third-order valence-corrected chi connectivity index (χ3v) is 2.48. The highest BCUT2D eigenvalue weighted by atomic mass is 16.6. The number of aromatic nitrogens is 2. The van der Waals surface area contributed by atoms with Gasteiger partial charge in [0.05, 0.1) is 18.0 Å². The minimum atomic E-state index is -1.05. The van der Waals surface area contributed by atoms with E-state index in [0.29, 0.717) is 0 Å². The molecule has 0 radical (unpaired) electrons. The van der Waals surface area contributed by atoms with Crippen LogP contribution >= 0.6 is 0 Å². The van der Waals surface area contributed by atoms with Gasteiger partial charge in [0.25, 0.3) is 5.70 Å². The first-order valence-electron chi connectivity index (χ1n) is 5.64. The van der Waals surface area contributed by atoms with E-state index in [2.05, 4.69) is 5.10 Å². The van der Waals surface area contributed by atoms with Crippen LogP contribution in [0.3, 0.4) is 0 Å². The molecule has 0 aliphatic heterocycles. The second-order valence-corrected chi connectivity index (χ2v) is 3.52. The van der Waals surface area contributed by atoms with Gasteiger partial charge >= 0.3 is 0 Å². The molecule has 0 spiro atoms. The molecule has 5 heteroatoms. The van der Waals surface area contributed by atoms with Crippen LogP contribution < -0.4 is 0 Å². The Hall–Kier alpha value is -1.91. The molecule has 16 heavy (non-hydrogen) atoms. The van der Waals surface area contributed by atoms with Gasteiger partial charge in [0.15, 0.2) is 0 Å². The molecule has 0 bridgehead atoms. The molecule has 1 aromatic rings. The maximum atomic E-state index is 10.6. The lowest BCUT2D eigenvalue weighted by Gasteiger charge is -2.13. The molecule has 5 nitrogen and oxygen atoms in total. The van der Waals surface area contributed by atoms with E-state index in [1.54, 1.807) is 6.20 Å². The van der Waals surface area contributed by atoms with Crippen LogP contribution in [0.15, 0.2) is 36.2 Å². The number of nitro groups is 1. The molecule has 1 aliphatic carbocycles. The van der Waals surface area contributed by atoms with E-state index < -0.39 is 10.9 Å². The van der Waals surface area contributed by atoms with Crippen molar-refractivity contribution in [2.75, 3.05) is 0 Å². The van der Waals surface area contributed by atoms with E-state index in [0.717, 1.165) is 12.1 Å². The second kappa shape index (κ2) is 4.30. The van der Waals surface area contributed by atoms with E-state index in [-0.39, 0.29) is 12.1 Å². The predicted octanol–water partition coefficient (Wildman–Crippen LogP) is 2.11. The normalized spacial score (nSPS) is 25.1. The summed E-state index contributed by atoms with van der Waals surface area (Å²) in [5, 5.41) is 14.8. The molecule has 84 valence electrons. The highest BCUT2D eigenvalue weighted by molar-refractivity contribution is 5.19. The average molecular weight is 220 g/mol. The molecule has 0 saturated heterocycles. The molecule has 1 aliphatic rings. The maximum Gasteiger partial charge on any atom is 0.265 e. The van der Waals surface area contributed by atoms with Crippen LogP contribution in [0.5, 0.6) is 0 Å². The summed E-state index contributed by atoms with van der Waals surface area (Å²) in [5.41, 5.74) is 0.949. The predicted molar refractivity (Wildman–Crippen MR) is 59.5 cm³/mol. The Bertz CT molecular complexity index is 507. The minimum Gasteiger partial charge on any atom is -0.265 e. The zero-order valence-corrected chi connectivity index (χ0v) is 8.96. The molecular formula is C11H13N3O2. The SMILES string of the molecule is [2H]C1(n2ccc(CC)n2)C=CC([N+](=O)[O-])=CC1. The number of allylic oxidation sites excluding steroid dienone is 3. The molecule has 1 unspecified atom stereocenters. The Morgan fingerprint density at radius 3 is 3.12 bits per heavy atom. The fourth-order valence-corrected chi connectivity index (χ4v) is 1.54. The number of aryl methyl sites for hydroxylation is 1. The van der Waals surface area contributed by atoms with Crippen molar-refractivity contribution < 1.29 is 6.29 Å². The summed E-state index contributed by atoms with van der Waals surface area (Å²) in [7, 11) is 0. The van der Waals surface area contributed by atoms with Gasteiger partial charge in [-0.15, -0.1) is 0 Å². The summed E-state index contributed by atoms with van der Waals surface area (Å²) in [4.78, 5) is 10.1. The van der Waals surface area contributed by atoms with Crippen LogP contribution in [-0.2, 0) is 6.42 Å². The van der Waals surface area contributed by atoms with Gasteiger partial charge in [0.1, 0.15) is 0 Å². The van der Waals surface area contributed by atoms with Crippen LogP contribution in [0.4, 0.5) is 0 Å². The van der Waals surface area contributed by atoms with E-state index in [1.807, 2.05) is 13.0 Å². The van der Waals surface area contributed by atoms with Crippen LogP contribution in [0.25, 0.3) is 0 Å². The number of nitrogens with zero attached hydrogens (tertiary/aromatic N) is 3. The van der Waals surface area contributed by atoms with Crippen molar-refractivity contribution in [2.45, 2.75) is 25.8 Å². The quantitative estimate of drug-likeness (QED) is 0.579. The monoisotopic (exact) mass is 220 g/mol. The van der Waals surface area contributed by atoms with Gasteiger partial charge < -0.3 is 0 Å². The van der Waals surface area contributed by atoms with Gasteiger partial charge in [-0.05, 0) is 25.0 Å². The number of hydrogen-bond donors (Lipinski definition) is 0. The molecule has 0 fully saturated rings. The Balaban J connectivity index is 2.23. The van der Waals surface area contributed by atoms with Crippen molar-refractivity contribution in [3.63, 3.8) is 0 Å². The molecule has 0 saturated carbocycles. The summed E-state index contributed by atoms with van der Waals surface area (Å²) in [5.74, 6) is 0. The maximum absolute atomic E-state index is 10.6. The van der Waals surface area contributed by atoms with Crippen molar-refractivity contribution >= 4 is 0 Å². The highest BCUT2D eigenvalue weighted by Crippen LogP contribution is 2.21. The lowest BCUT2D eigenvalue weighted by atomic mass is 10.1. The molecule has 1 atom stereocenters. The van der Waals surface area contributed by atoms with Crippen molar-refractivity contribution in [2.24, 2.45) is 0 Å². The van der Waals surface area contributed by atoms with Crippen LogP contribution in [-0.4, -0.2) is 14.7 Å². The second-order valence-electron chi connectivity index (χ2n) is 3.52. The van der Waals surface area contributed by atoms with Crippen molar-refractivity contribution in [1.82, 2.24) is 9.78 Å². The van der Waals surface area contributed by atoms with Gasteiger partial charge in [0.2, 0.25) is 0 Å². The first-order chi connectivity index (χ1) is 8.05. The first-order valence-corrected chi connectivity index (χ1v) is 5.14. The smallest absolute Gasteiger partial charge is 0.265 e. The van der Waals surface area contributed by atoms with Crippen LogP contribution in [0.1, 0.15) is 26.4 Å². The zero-order chi connectivity index (χ0) is 12.5. The number of hydrogen-bond acceptors (Lipinski definition) is 3.